The van der Waals surface area contributed by atoms with Gasteiger partial charge in [0.25, 0.3) is 0 Å². The fraction of sp³-hybridized carbons (Fsp3) is 0.360. The van der Waals surface area contributed by atoms with Gasteiger partial charge in [-0.05, 0) is 48.1 Å². The van der Waals surface area contributed by atoms with Gasteiger partial charge in [0, 0.05) is 46.9 Å². The van der Waals surface area contributed by atoms with Gasteiger partial charge >= 0.3 is 6.18 Å². The number of aromatic amines is 1. The highest BCUT2D eigenvalue weighted by Gasteiger charge is 2.39. The zero-order valence-corrected chi connectivity index (χ0v) is 22.7. The average molecular weight is 606 g/mol. The zero-order chi connectivity index (χ0) is 26.4. The second kappa shape index (κ2) is 10.0. The standard InChI is InChI=1S/C25H23BrF3N7OS/c1-38-24-33-22(25(27,28)29)32-23(34-24)36-7-6-16-17-12-15(26)3-4-18(17)31-20(16)21(36)14-2-5-19(30-13-14)35-8-10-37-11-9-35/h2-5,12-13,21,31H,6-11H2,1H3/t21-/m0/s1. The first kappa shape index (κ1) is 25.4. The maximum atomic E-state index is 13.7. The molecule has 2 aliphatic rings. The molecule has 8 nitrogen and oxygen atoms in total. The summed E-state index contributed by atoms with van der Waals surface area (Å²) in [5.74, 6) is -0.369. The number of nitrogens with one attached hydrogen (secondary N) is 1. The molecule has 0 bridgehead atoms. The molecule has 1 fully saturated rings. The van der Waals surface area contributed by atoms with Gasteiger partial charge in [0.1, 0.15) is 5.82 Å². The van der Waals surface area contributed by atoms with Crippen molar-refractivity contribution in [3.05, 3.63) is 63.6 Å². The molecule has 0 spiro atoms. The largest absolute Gasteiger partial charge is 0.451 e. The lowest BCUT2D eigenvalue weighted by Crippen LogP contribution is -2.38. The Balaban J connectivity index is 1.48. The predicted octanol–water partition coefficient (Wildman–Crippen LogP) is 5.24. The molecule has 6 rings (SSSR count). The summed E-state index contributed by atoms with van der Waals surface area (Å²) in [6.07, 6.45) is -0.633. The average Bonchev–Trinajstić information content (AvgIpc) is 3.30. The third kappa shape index (κ3) is 4.71. The molecule has 1 N–H and O–H groups in total. The number of nitrogens with zero attached hydrogens (tertiary/aromatic N) is 6. The van der Waals surface area contributed by atoms with E-state index in [2.05, 4.69) is 46.8 Å². The van der Waals surface area contributed by atoms with Crippen LogP contribution in [0.2, 0.25) is 0 Å². The normalized spacial score (nSPS) is 18.2. The lowest BCUT2D eigenvalue weighted by molar-refractivity contribution is -0.145. The molecule has 0 saturated carbocycles. The van der Waals surface area contributed by atoms with Crippen LogP contribution in [-0.4, -0.2) is 64.0 Å². The van der Waals surface area contributed by atoms with E-state index in [1.807, 2.05) is 29.2 Å². The summed E-state index contributed by atoms with van der Waals surface area (Å²) in [7, 11) is 0. The highest BCUT2D eigenvalue weighted by Crippen LogP contribution is 2.41. The lowest BCUT2D eigenvalue weighted by Gasteiger charge is -2.36. The molecule has 198 valence electrons. The third-order valence-electron chi connectivity index (χ3n) is 6.81. The third-order valence-corrected chi connectivity index (χ3v) is 7.85. The van der Waals surface area contributed by atoms with Crippen molar-refractivity contribution in [2.45, 2.75) is 23.8 Å². The number of halogens is 4. The molecule has 13 heteroatoms. The van der Waals surface area contributed by atoms with Gasteiger partial charge in [-0.3, -0.25) is 0 Å². The lowest BCUT2D eigenvalue weighted by atomic mass is 9.93. The first-order chi connectivity index (χ1) is 18.3. The van der Waals surface area contributed by atoms with E-state index in [1.165, 1.54) is 0 Å². The van der Waals surface area contributed by atoms with Gasteiger partial charge in [-0.25, -0.2) is 4.98 Å². The van der Waals surface area contributed by atoms with Gasteiger partial charge in [0.15, 0.2) is 5.16 Å². The number of pyridine rings is 1. The molecule has 0 radical (unpaired) electrons. The molecular formula is C25H23BrF3N7OS. The number of hydrogen-bond acceptors (Lipinski definition) is 8. The van der Waals surface area contributed by atoms with Crippen LogP contribution in [0.1, 0.15) is 28.7 Å². The minimum Gasteiger partial charge on any atom is -0.378 e. The zero-order valence-electron chi connectivity index (χ0n) is 20.3. The molecular weight excluding hydrogens is 583 g/mol. The fourth-order valence-electron chi connectivity index (χ4n) is 5.05. The maximum Gasteiger partial charge on any atom is 0.451 e. The quantitative estimate of drug-likeness (QED) is 0.316. The number of morpholine rings is 1. The molecule has 3 aromatic heterocycles. The van der Waals surface area contributed by atoms with E-state index in [0.717, 1.165) is 62.9 Å². The Labute approximate surface area is 229 Å². The number of thioether (sulfide) groups is 1. The van der Waals surface area contributed by atoms with Crippen molar-refractivity contribution in [2.24, 2.45) is 0 Å². The number of fused-ring (bicyclic) bond motifs is 3. The van der Waals surface area contributed by atoms with Crippen LogP contribution in [0.4, 0.5) is 24.9 Å². The van der Waals surface area contributed by atoms with E-state index in [4.69, 9.17) is 9.72 Å². The Kier molecular flexibility index (Phi) is 6.68. The van der Waals surface area contributed by atoms with E-state index in [0.29, 0.717) is 26.2 Å². The first-order valence-electron chi connectivity index (χ1n) is 12.0. The molecule has 0 amide bonds. The van der Waals surface area contributed by atoms with Crippen molar-refractivity contribution in [1.82, 2.24) is 24.9 Å². The number of hydrogen-bond donors (Lipinski definition) is 1. The molecule has 1 atom stereocenters. The highest BCUT2D eigenvalue weighted by atomic mass is 79.9. The second-order valence-electron chi connectivity index (χ2n) is 9.05. The molecule has 1 aromatic carbocycles. The summed E-state index contributed by atoms with van der Waals surface area (Å²) in [6.45, 7) is 3.23. The Morgan fingerprint density at radius 3 is 2.61 bits per heavy atom. The van der Waals surface area contributed by atoms with Crippen molar-refractivity contribution < 1.29 is 17.9 Å². The molecule has 0 aliphatic carbocycles. The van der Waals surface area contributed by atoms with Crippen LogP contribution < -0.4 is 9.80 Å². The van der Waals surface area contributed by atoms with Crippen LogP contribution in [0.25, 0.3) is 10.9 Å². The Bertz CT molecular complexity index is 1470. The van der Waals surface area contributed by atoms with Crippen molar-refractivity contribution in [3.63, 3.8) is 0 Å². The van der Waals surface area contributed by atoms with Crippen molar-refractivity contribution in [3.8, 4) is 0 Å². The summed E-state index contributed by atoms with van der Waals surface area (Å²) >= 11 is 4.61. The number of benzene rings is 1. The minimum atomic E-state index is -4.69. The van der Waals surface area contributed by atoms with Gasteiger partial charge in [-0.2, -0.15) is 28.1 Å². The topological polar surface area (TPSA) is 83.1 Å². The number of alkyl halides is 3. The van der Waals surface area contributed by atoms with Crippen LogP contribution in [0, 0.1) is 0 Å². The minimum absolute atomic E-state index is 0.00980. The second-order valence-corrected chi connectivity index (χ2v) is 10.7. The van der Waals surface area contributed by atoms with E-state index in [9.17, 15) is 13.2 Å². The van der Waals surface area contributed by atoms with Crippen LogP contribution in [0.3, 0.4) is 0 Å². The summed E-state index contributed by atoms with van der Waals surface area (Å²) in [6, 6.07) is 9.49. The van der Waals surface area contributed by atoms with Gasteiger partial charge in [-0.15, -0.1) is 0 Å². The number of ether oxygens (including phenoxy) is 1. The van der Waals surface area contributed by atoms with Crippen LogP contribution >= 0.6 is 27.7 Å². The summed E-state index contributed by atoms with van der Waals surface area (Å²) in [5, 5.41) is 1.10. The predicted molar refractivity (Wildman–Crippen MR) is 143 cm³/mol. The molecule has 38 heavy (non-hydrogen) atoms. The number of anilines is 2. The smallest absolute Gasteiger partial charge is 0.378 e. The van der Waals surface area contributed by atoms with E-state index >= 15 is 0 Å². The molecule has 0 unspecified atom stereocenters. The molecule has 4 aromatic rings. The molecule has 1 saturated heterocycles. The monoisotopic (exact) mass is 605 g/mol. The molecule has 5 heterocycles. The molecule has 2 aliphatic heterocycles. The van der Waals surface area contributed by atoms with Gasteiger partial charge in [0.05, 0.1) is 19.3 Å². The SMILES string of the molecule is CSc1nc(N2CCc3c([nH]c4ccc(Br)cc34)[C@@H]2c2ccc(N3CCOCC3)nc2)nc(C(F)(F)F)n1. The van der Waals surface area contributed by atoms with Crippen LogP contribution in [-0.2, 0) is 17.3 Å². The first-order valence-corrected chi connectivity index (χ1v) is 14.1. The number of H-pyrrole nitrogens is 1. The summed E-state index contributed by atoms with van der Waals surface area (Å²) < 4.78 is 47.5. The summed E-state index contributed by atoms with van der Waals surface area (Å²) in [5.41, 5.74) is 3.80. The Morgan fingerprint density at radius 2 is 1.89 bits per heavy atom. The van der Waals surface area contributed by atoms with Gasteiger partial charge < -0.3 is 19.5 Å². The Hall–Kier alpha value is -2.90. The summed E-state index contributed by atoms with van der Waals surface area (Å²) in [4.78, 5) is 24.1. The van der Waals surface area contributed by atoms with Crippen molar-refractivity contribution >= 4 is 50.4 Å². The number of rotatable bonds is 4. The maximum absolute atomic E-state index is 13.7. The van der Waals surface area contributed by atoms with Crippen LogP contribution in [0.5, 0.6) is 0 Å². The van der Waals surface area contributed by atoms with Crippen molar-refractivity contribution in [1.29, 1.82) is 0 Å². The fourth-order valence-corrected chi connectivity index (χ4v) is 5.77. The number of aromatic nitrogens is 5. The van der Waals surface area contributed by atoms with Crippen LogP contribution in [0.15, 0.2) is 46.2 Å². The highest BCUT2D eigenvalue weighted by molar-refractivity contribution is 9.10. The van der Waals surface area contributed by atoms with E-state index in [-0.39, 0.29) is 11.1 Å². The van der Waals surface area contributed by atoms with E-state index < -0.39 is 18.0 Å². The van der Waals surface area contributed by atoms with Gasteiger partial charge in [-0.1, -0.05) is 33.8 Å². The van der Waals surface area contributed by atoms with Crippen molar-refractivity contribution in [2.75, 3.05) is 48.9 Å². The van der Waals surface area contributed by atoms with E-state index in [1.54, 1.807) is 12.5 Å². The van der Waals surface area contributed by atoms with Gasteiger partial charge in [0.2, 0.25) is 11.8 Å². The Morgan fingerprint density at radius 1 is 1.08 bits per heavy atom.